The van der Waals surface area contributed by atoms with Gasteiger partial charge in [0.05, 0.1) is 6.54 Å². The Morgan fingerprint density at radius 1 is 1.10 bits per heavy atom. The van der Waals surface area contributed by atoms with E-state index >= 15 is 0 Å². The van der Waals surface area contributed by atoms with Crippen molar-refractivity contribution >= 4 is 5.91 Å². The molecule has 2 aromatic carbocycles. The predicted octanol–water partition coefficient (Wildman–Crippen LogP) is 4.51. The molecule has 0 fully saturated rings. The Bertz CT molecular complexity index is 928. The average Bonchev–Trinajstić information content (AvgIpc) is 3.19. The quantitative estimate of drug-likeness (QED) is 0.639. The van der Waals surface area contributed by atoms with Gasteiger partial charge in [0.15, 0.2) is 6.10 Å². The maximum Gasteiger partial charge on any atom is 0.261 e. The molecule has 0 spiro atoms. The molecular formula is C23H27N3O3. The molecule has 0 saturated carbocycles. The zero-order valence-electron chi connectivity index (χ0n) is 17.3. The van der Waals surface area contributed by atoms with Crippen LogP contribution in [0.2, 0.25) is 0 Å². The van der Waals surface area contributed by atoms with Crippen LogP contribution in [-0.4, -0.2) is 22.2 Å². The lowest BCUT2D eigenvalue weighted by atomic mass is 9.87. The summed E-state index contributed by atoms with van der Waals surface area (Å²) >= 11 is 0. The third kappa shape index (κ3) is 5.44. The van der Waals surface area contributed by atoms with E-state index in [4.69, 9.17) is 9.26 Å². The van der Waals surface area contributed by atoms with Gasteiger partial charge in [-0.1, -0.05) is 75.3 Å². The second kappa shape index (κ2) is 8.90. The molecule has 6 nitrogen and oxygen atoms in total. The van der Waals surface area contributed by atoms with Crippen molar-refractivity contribution in [1.29, 1.82) is 0 Å². The van der Waals surface area contributed by atoms with Crippen molar-refractivity contribution in [1.82, 2.24) is 15.5 Å². The van der Waals surface area contributed by atoms with Gasteiger partial charge in [-0.05, 0) is 29.5 Å². The summed E-state index contributed by atoms with van der Waals surface area (Å²) in [5.41, 5.74) is 2.15. The number of benzene rings is 2. The lowest BCUT2D eigenvalue weighted by molar-refractivity contribution is -0.128. The summed E-state index contributed by atoms with van der Waals surface area (Å²) in [4.78, 5) is 16.8. The molecule has 1 N–H and O–H groups in total. The predicted molar refractivity (Wildman–Crippen MR) is 111 cm³/mol. The SMILES string of the molecule is CC[C@@H](Oc1ccc(C(C)(C)C)cc1)C(=O)NCc1nc(-c2ccccc2)no1. The van der Waals surface area contributed by atoms with Crippen LogP contribution in [0.3, 0.4) is 0 Å². The Morgan fingerprint density at radius 3 is 2.41 bits per heavy atom. The third-order valence-corrected chi connectivity index (χ3v) is 4.58. The molecule has 0 aliphatic heterocycles. The second-order valence-corrected chi connectivity index (χ2v) is 7.88. The molecular weight excluding hydrogens is 366 g/mol. The van der Waals surface area contributed by atoms with Crippen LogP contribution >= 0.6 is 0 Å². The summed E-state index contributed by atoms with van der Waals surface area (Å²) in [6.45, 7) is 8.54. The molecule has 1 atom stereocenters. The number of amides is 1. The molecule has 1 amide bonds. The first kappa shape index (κ1) is 20.6. The summed E-state index contributed by atoms with van der Waals surface area (Å²) in [5, 5.41) is 6.77. The highest BCUT2D eigenvalue weighted by Gasteiger charge is 2.20. The summed E-state index contributed by atoms with van der Waals surface area (Å²) in [7, 11) is 0. The first-order valence-electron chi connectivity index (χ1n) is 9.79. The number of nitrogens with one attached hydrogen (secondary N) is 1. The van der Waals surface area contributed by atoms with Crippen molar-refractivity contribution in [3.05, 3.63) is 66.1 Å². The fourth-order valence-corrected chi connectivity index (χ4v) is 2.83. The summed E-state index contributed by atoms with van der Waals surface area (Å²) in [6, 6.07) is 17.4. The Labute approximate surface area is 171 Å². The molecule has 0 aliphatic rings. The topological polar surface area (TPSA) is 77.2 Å². The molecule has 3 aromatic rings. The minimum absolute atomic E-state index is 0.0722. The second-order valence-electron chi connectivity index (χ2n) is 7.88. The highest BCUT2D eigenvalue weighted by molar-refractivity contribution is 5.81. The van der Waals surface area contributed by atoms with Crippen molar-refractivity contribution in [3.8, 4) is 17.1 Å². The molecule has 152 valence electrons. The van der Waals surface area contributed by atoms with Gasteiger partial charge in [0, 0.05) is 5.56 Å². The van der Waals surface area contributed by atoms with Gasteiger partial charge in [-0.3, -0.25) is 4.79 Å². The van der Waals surface area contributed by atoms with E-state index in [-0.39, 0.29) is 17.9 Å². The van der Waals surface area contributed by atoms with Gasteiger partial charge in [-0.25, -0.2) is 0 Å². The first-order chi connectivity index (χ1) is 13.9. The van der Waals surface area contributed by atoms with Gasteiger partial charge in [-0.2, -0.15) is 4.98 Å². The molecule has 1 aromatic heterocycles. The number of nitrogens with zero attached hydrogens (tertiary/aromatic N) is 2. The fourth-order valence-electron chi connectivity index (χ4n) is 2.83. The van der Waals surface area contributed by atoms with Crippen LogP contribution in [0.25, 0.3) is 11.4 Å². The minimum atomic E-state index is -0.591. The first-order valence-corrected chi connectivity index (χ1v) is 9.79. The summed E-state index contributed by atoms with van der Waals surface area (Å²) in [6.07, 6.45) is -0.0432. The van der Waals surface area contributed by atoms with Crippen LogP contribution in [-0.2, 0) is 16.8 Å². The standard InChI is InChI=1S/C23H27N3O3/c1-5-19(28-18-13-11-17(12-14-18)23(2,3)4)22(27)24-15-20-25-21(26-29-20)16-9-7-6-8-10-16/h6-14,19H,5,15H2,1-4H3,(H,24,27)/t19-/m1/s1. The monoisotopic (exact) mass is 393 g/mol. The highest BCUT2D eigenvalue weighted by Crippen LogP contribution is 2.25. The van der Waals surface area contributed by atoms with Gasteiger partial charge < -0.3 is 14.6 Å². The number of carbonyl (C=O) groups excluding carboxylic acids is 1. The number of hydrogen-bond donors (Lipinski definition) is 1. The maximum atomic E-state index is 12.5. The van der Waals surface area contributed by atoms with E-state index in [1.54, 1.807) is 0 Å². The van der Waals surface area contributed by atoms with Crippen LogP contribution in [0, 0.1) is 0 Å². The smallest absolute Gasteiger partial charge is 0.261 e. The molecule has 29 heavy (non-hydrogen) atoms. The van der Waals surface area contributed by atoms with Gasteiger partial charge in [0.1, 0.15) is 5.75 Å². The molecule has 0 aliphatic carbocycles. The summed E-state index contributed by atoms with van der Waals surface area (Å²) < 4.78 is 11.1. The number of ether oxygens (including phenoxy) is 1. The largest absolute Gasteiger partial charge is 0.481 e. The van der Waals surface area contributed by atoms with E-state index in [0.29, 0.717) is 23.9 Å². The van der Waals surface area contributed by atoms with Crippen LogP contribution in [0.5, 0.6) is 5.75 Å². The van der Waals surface area contributed by atoms with Crippen LogP contribution < -0.4 is 10.1 Å². The Balaban J connectivity index is 1.57. The van der Waals surface area contributed by atoms with E-state index in [0.717, 1.165) is 5.56 Å². The maximum absolute atomic E-state index is 12.5. The van der Waals surface area contributed by atoms with E-state index in [1.807, 2.05) is 61.5 Å². The Morgan fingerprint density at radius 2 is 1.79 bits per heavy atom. The minimum Gasteiger partial charge on any atom is -0.481 e. The molecule has 0 saturated heterocycles. The summed E-state index contributed by atoms with van der Waals surface area (Å²) in [5.74, 6) is 1.30. The number of hydrogen-bond acceptors (Lipinski definition) is 5. The molecule has 6 heteroatoms. The normalized spacial score (nSPS) is 12.4. The van der Waals surface area contributed by atoms with E-state index in [2.05, 4.69) is 36.2 Å². The van der Waals surface area contributed by atoms with E-state index < -0.39 is 6.10 Å². The van der Waals surface area contributed by atoms with Crippen LogP contribution in [0.1, 0.15) is 45.6 Å². The van der Waals surface area contributed by atoms with Gasteiger partial charge >= 0.3 is 0 Å². The van der Waals surface area contributed by atoms with Gasteiger partial charge in [0.25, 0.3) is 5.91 Å². The lowest BCUT2D eigenvalue weighted by Gasteiger charge is -2.20. The average molecular weight is 393 g/mol. The molecule has 3 rings (SSSR count). The van der Waals surface area contributed by atoms with Gasteiger partial charge in [-0.15, -0.1) is 0 Å². The molecule has 0 bridgehead atoms. The zero-order chi connectivity index (χ0) is 20.9. The van der Waals surface area contributed by atoms with Crippen LogP contribution in [0.15, 0.2) is 59.1 Å². The number of aromatic nitrogens is 2. The van der Waals surface area contributed by atoms with Crippen molar-refractivity contribution in [2.24, 2.45) is 0 Å². The molecule has 1 heterocycles. The zero-order valence-corrected chi connectivity index (χ0v) is 17.3. The lowest BCUT2D eigenvalue weighted by Crippen LogP contribution is -2.37. The highest BCUT2D eigenvalue weighted by atomic mass is 16.5. The fraction of sp³-hybridized carbons (Fsp3) is 0.348. The van der Waals surface area contributed by atoms with Crippen LogP contribution in [0.4, 0.5) is 0 Å². The number of rotatable bonds is 7. The molecule has 0 unspecified atom stereocenters. The number of carbonyl (C=O) groups is 1. The third-order valence-electron chi connectivity index (χ3n) is 4.58. The van der Waals surface area contributed by atoms with E-state index in [9.17, 15) is 4.79 Å². The Hall–Kier alpha value is -3.15. The van der Waals surface area contributed by atoms with Gasteiger partial charge in [0.2, 0.25) is 11.7 Å². The Kier molecular flexibility index (Phi) is 6.32. The molecule has 0 radical (unpaired) electrons. The van der Waals surface area contributed by atoms with Crippen molar-refractivity contribution in [3.63, 3.8) is 0 Å². The van der Waals surface area contributed by atoms with Crippen molar-refractivity contribution in [2.75, 3.05) is 0 Å². The van der Waals surface area contributed by atoms with E-state index in [1.165, 1.54) is 5.56 Å². The van der Waals surface area contributed by atoms with Crippen molar-refractivity contribution < 1.29 is 14.1 Å². The van der Waals surface area contributed by atoms with Crippen molar-refractivity contribution in [2.45, 2.75) is 52.2 Å².